The van der Waals surface area contributed by atoms with Crippen molar-refractivity contribution < 1.29 is 49.7 Å². The van der Waals surface area contributed by atoms with Crippen LogP contribution in [-0.2, 0) is 9.47 Å². The molecule has 1 aliphatic heterocycles. The molecule has 0 atom stereocenters. The Labute approximate surface area is 228 Å². The lowest BCUT2D eigenvalue weighted by molar-refractivity contribution is -0.275. The van der Waals surface area contributed by atoms with Crippen LogP contribution in [0.5, 0.6) is 11.5 Å². The van der Waals surface area contributed by atoms with Crippen molar-refractivity contribution in [1.29, 1.82) is 0 Å². The first-order chi connectivity index (χ1) is 18.9. The number of alkyl halides is 5. The summed E-state index contributed by atoms with van der Waals surface area (Å²) in [7, 11) is 0. The molecule has 2 aliphatic rings. The van der Waals surface area contributed by atoms with E-state index in [9.17, 15) is 26.3 Å². The molecule has 2 aromatic rings. The number of ether oxygens (including phenoxy) is 4. The second-order valence-electron chi connectivity index (χ2n) is 10.1. The van der Waals surface area contributed by atoms with Crippen LogP contribution < -0.4 is 9.47 Å². The van der Waals surface area contributed by atoms with Gasteiger partial charge >= 0.3 is 12.5 Å². The Morgan fingerprint density at radius 1 is 0.875 bits per heavy atom. The molecule has 0 spiro atoms. The highest BCUT2D eigenvalue weighted by atomic mass is 19.4. The second-order valence-corrected chi connectivity index (χ2v) is 10.1. The molecular weight excluding hydrogens is 545 g/mol. The van der Waals surface area contributed by atoms with Crippen LogP contribution in [0.15, 0.2) is 48.6 Å². The van der Waals surface area contributed by atoms with E-state index in [0.29, 0.717) is 36.5 Å². The van der Waals surface area contributed by atoms with E-state index in [1.165, 1.54) is 6.07 Å². The fourth-order valence-corrected chi connectivity index (χ4v) is 5.16. The number of rotatable bonds is 9. The molecule has 40 heavy (non-hydrogen) atoms. The Hall–Kier alpha value is -2.79. The molecule has 2 fully saturated rings. The SMILES string of the molecule is C/C=C/CCC1COC(c2ccc(C3CCC(C(F)(F)Oc4ccc(OC(F)(F)F)c(F)c4)CC3)c(F)c2)OC1. The first kappa shape index (κ1) is 30.2. The van der Waals surface area contributed by atoms with Crippen molar-refractivity contribution in [3.63, 3.8) is 0 Å². The zero-order chi connectivity index (χ0) is 28.9. The summed E-state index contributed by atoms with van der Waals surface area (Å²) >= 11 is 0. The van der Waals surface area contributed by atoms with Gasteiger partial charge in [0.1, 0.15) is 11.6 Å². The van der Waals surface area contributed by atoms with Gasteiger partial charge in [-0.1, -0.05) is 24.3 Å². The van der Waals surface area contributed by atoms with Gasteiger partial charge < -0.3 is 18.9 Å². The summed E-state index contributed by atoms with van der Waals surface area (Å²) in [5.74, 6) is -4.95. The lowest BCUT2D eigenvalue weighted by Gasteiger charge is -2.34. The molecule has 4 rings (SSSR count). The number of hydrogen-bond acceptors (Lipinski definition) is 4. The molecule has 0 unspecified atom stereocenters. The zero-order valence-electron chi connectivity index (χ0n) is 21.9. The van der Waals surface area contributed by atoms with Gasteiger partial charge in [-0.05, 0) is 75.1 Å². The molecule has 1 saturated heterocycles. The van der Waals surface area contributed by atoms with Gasteiger partial charge in [0.2, 0.25) is 0 Å². The zero-order valence-corrected chi connectivity index (χ0v) is 21.9. The largest absolute Gasteiger partial charge is 0.573 e. The summed E-state index contributed by atoms with van der Waals surface area (Å²) in [5.41, 5.74) is 0.981. The van der Waals surface area contributed by atoms with Gasteiger partial charge in [0.05, 0.1) is 19.1 Å². The first-order valence-corrected chi connectivity index (χ1v) is 13.2. The normalized spacial score (nSPS) is 24.3. The summed E-state index contributed by atoms with van der Waals surface area (Å²) in [5, 5.41) is 0. The molecular formula is C29H31F7O4. The smallest absolute Gasteiger partial charge is 0.432 e. The summed E-state index contributed by atoms with van der Waals surface area (Å²) < 4.78 is 115. The Balaban J connectivity index is 1.30. The Morgan fingerprint density at radius 3 is 2.17 bits per heavy atom. The fourth-order valence-electron chi connectivity index (χ4n) is 5.16. The minimum Gasteiger partial charge on any atom is -0.432 e. The minimum atomic E-state index is -5.13. The molecule has 0 bridgehead atoms. The highest BCUT2D eigenvalue weighted by Crippen LogP contribution is 2.44. The second kappa shape index (κ2) is 12.8. The van der Waals surface area contributed by atoms with Crippen molar-refractivity contribution in [3.8, 4) is 11.5 Å². The molecule has 0 aromatic heterocycles. The van der Waals surface area contributed by atoms with Crippen molar-refractivity contribution in [2.75, 3.05) is 13.2 Å². The minimum absolute atomic E-state index is 0.0140. The van der Waals surface area contributed by atoms with Crippen LogP contribution in [-0.4, -0.2) is 25.7 Å². The average Bonchev–Trinajstić information content (AvgIpc) is 2.90. The van der Waals surface area contributed by atoms with E-state index in [2.05, 4.69) is 15.5 Å². The van der Waals surface area contributed by atoms with Crippen LogP contribution in [0.25, 0.3) is 0 Å². The maximum atomic E-state index is 15.1. The van der Waals surface area contributed by atoms with Crippen molar-refractivity contribution >= 4 is 0 Å². The third kappa shape index (κ3) is 7.90. The van der Waals surface area contributed by atoms with Crippen molar-refractivity contribution in [3.05, 3.63) is 71.3 Å². The number of halogens is 7. The summed E-state index contributed by atoms with van der Waals surface area (Å²) in [4.78, 5) is 0. The topological polar surface area (TPSA) is 36.9 Å². The molecule has 1 heterocycles. The van der Waals surface area contributed by atoms with Gasteiger partial charge in [0, 0.05) is 17.5 Å². The van der Waals surface area contributed by atoms with Gasteiger partial charge in [0.15, 0.2) is 17.9 Å². The monoisotopic (exact) mass is 576 g/mol. The molecule has 1 aliphatic carbocycles. The third-order valence-electron chi connectivity index (χ3n) is 7.27. The van der Waals surface area contributed by atoms with Gasteiger partial charge in [-0.3, -0.25) is 0 Å². The molecule has 0 amide bonds. The van der Waals surface area contributed by atoms with Crippen LogP contribution >= 0.6 is 0 Å². The lowest BCUT2D eigenvalue weighted by atomic mass is 9.78. The predicted octanol–water partition coefficient (Wildman–Crippen LogP) is 8.83. The van der Waals surface area contributed by atoms with E-state index in [4.69, 9.17) is 9.47 Å². The van der Waals surface area contributed by atoms with Gasteiger partial charge in [0.25, 0.3) is 0 Å². The molecule has 0 radical (unpaired) electrons. The van der Waals surface area contributed by atoms with Gasteiger partial charge in [-0.15, -0.1) is 13.2 Å². The number of benzene rings is 2. The average molecular weight is 577 g/mol. The van der Waals surface area contributed by atoms with E-state index in [-0.39, 0.29) is 37.5 Å². The van der Waals surface area contributed by atoms with E-state index in [1.54, 1.807) is 12.1 Å². The maximum Gasteiger partial charge on any atom is 0.573 e. The van der Waals surface area contributed by atoms with Crippen LogP contribution in [0.1, 0.15) is 68.8 Å². The maximum absolute atomic E-state index is 15.1. The third-order valence-corrected chi connectivity index (χ3v) is 7.27. The van der Waals surface area contributed by atoms with Crippen molar-refractivity contribution in [2.24, 2.45) is 11.8 Å². The summed E-state index contributed by atoms with van der Waals surface area (Å²) in [6.07, 6.45) is -2.95. The van der Waals surface area contributed by atoms with Crippen LogP contribution in [0, 0.1) is 23.5 Å². The van der Waals surface area contributed by atoms with Gasteiger partial charge in [-0.2, -0.15) is 8.78 Å². The number of hydrogen-bond donors (Lipinski definition) is 0. The number of allylic oxidation sites excluding steroid dienone is 2. The highest BCUT2D eigenvalue weighted by molar-refractivity contribution is 5.33. The van der Waals surface area contributed by atoms with Crippen LogP contribution in [0.2, 0.25) is 0 Å². The Bertz CT molecular complexity index is 1150. The molecule has 220 valence electrons. The standard InChI is InChI=1S/C29H31F7O4/c1-2-3-4-5-18-16-37-27(38-17-18)20-8-12-23(24(30)14-20)19-6-9-21(10-7-19)28(32,33)39-22-11-13-26(25(31)15-22)40-29(34,35)36/h2-3,8,11-15,18-19,21,27H,4-7,9-10,16-17H2,1H3/b3-2+. The van der Waals surface area contributed by atoms with Crippen LogP contribution in [0.3, 0.4) is 0 Å². The Morgan fingerprint density at radius 2 is 1.57 bits per heavy atom. The summed E-state index contributed by atoms with van der Waals surface area (Å²) in [6.45, 7) is 3.00. The molecule has 0 N–H and O–H groups in total. The molecule has 11 heteroatoms. The van der Waals surface area contributed by atoms with Crippen LogP contribution in [0.4, 0.5) is 30.7 Å². The Kier molecular flexibility index (Phi) is 9.66. The van der Waals surface area contributed by atoms with E-state index < -0.39 is 47.8 Å². The molecule has 1 saturated carbocycles. The highest BCUT2D eigenvalue weighted by Gasteiger charge is 2.44. The lowest BCUT2D eigenvalue weighted by Crippen LogP contribution is -2.37. The van der Waals surface area contributed by atoms with E-state index >= 15 is 4.39 Å². The van der Waals surface area contributed by atoms with E-state index in [0.717, 1.165) is 18.9 Å². The molecule has 4 nitrogen and oxygen atoms in total. The van der Waals surface area contributed by atoms with Gasteiger partial charge in [-0.25, -0.2) is 8.78 Å². The fraction of sp³-hybridized carbons (Fsp3) is 0.517. The van der Waals surface area contributed by atoms with Crippen molar-refractivity contribution in [1.82, 2.24) is 0 Å². The summed E-state index contributed by atoms with van der Waals surface area (Å²) in [6, 6.07) is 6.51. The quantitative estimate of drug-likeness (QED) is 0.221. The first-order valence-electron chi connectivity index (χ1n) is 13.2. The predicted molar refractivity (Wildman–Crippen MR) is 132 cm³/mol. The molecule has 2 aromatic carbocycles. The van der Waals surface area contributed by atoms with E-state index in [1.807, 2.05) is 13.0 Å². The van der Waals surface area contributed by atoms with Crippen molar-refractivity contribution in [2.45, 2.75) is 70.1 Å².